The number of hydrogen-bond donors (Lipinski definition) is 3. The van der Waals surface area contributed by atoms with Crippen molar-refractivity contribution >= 4 is 29.8 Å². The predicted octanol–water partition coefficient (Wildman–Crippen LogP) is 3.32. The maximum atomic E-state index is 11.7. The van der Waals surface area contributed by atoms with Crippen LogP contribution in [0.2, 0.25) is 5.02 Å². The average Bonchev–Trinajstić information content (AvgIpc) is 2.55. The van der Waals surface area contributed by atoms with Gasteiger partial charge in [-0.3, -0.25) is 0 Å². The molecule has 150 valence electrons. The van der Waals surface area contributed by atoms with Gasteiger partial charge in [0, 0.05) is 17.1 Å². The van der Waals surface area contributed by atoms with Crippen molar-refractivity contribution in [2.75, 3.05) is 6.54 Å². The molecular weight excluding hydrogens is 376 g/mol. The normalized spacial score (nSPS) is 12.0. The first-order chi connectivity index (χ1) is 12.6. The van der Waals surface area contributed by atoms with E-state index in [1.54, 1.807) is 45.0 Å². The van der Waals surface area contributed by atoms with E-state index >= 15 is 0 Å². The summed E-state index contributed by atoms with van der Waals surface area (Å²) in [5, 5.41) is 14.5. The van der Waals surface area contributed by atoms with E-state index in [0.29, 0.717) is 17.0 Å². The molecule has 0 bridgehead atoms. The molecule has 9 heteroatoms. The van der Waals surface area contributed by atoms with Crippen LogP contribution in [0.3, 0.4) is 0 Å². The molecule has 1 aromatic rings. The van der Waals surface area contributed by atoms with Gasteiger partial charge >= 0.3 is 18.2 Å². The minimum atomic E-state index is -1.18. The van der Waals surface area contributed by atoms with Gasteiger partial charge < -0.3 is 25.2 Å². The molecule has 0 fully saturated rings. The minimum Gasteiger partial charge on any atom is -0.480 e. The first-order valence-electron chi connectivity index (χ1n) is 8.45. The number of alkyl carbamates (subject to hydrolysis) is 2. The Morgan fingerprint density at radius 1 is 1.19 bits per heavy atom. The monoisotopic (exact) mass is 400 g/mol. The fourth-order valence-corrected chi connectivity index (χ4v) is 2.20. The molecule has 27 heavy (non-hydrogen) atoms. The third-order valence-electron chi connectivity index (χ3n) is 3.24. The Kier molecular flexibility index (Phi) is 8.87. The summed E-state index contributed by atoms with van der Waals surface area (Å²) >= 11 is 5.97. The van der Waals surface area contributed by atoms with Gasteiger partial charge in [0.2, 0.25) is 0 Å². The Labute approximate surface area is 163 Å². The number of rotatable bonds is 8. The number of carboxylic acid groups (broad SMARTS) is 1. The Hall–Kier alpha value is -2.48. The highest BCUT2D eigenvalue weighted by molar-refractivity contribution is 6.31. The van der Waals surface area contributed by atoms with Crippen LogP contribution in [0.4, 0.5) is 9.59 Å². The van der Waals surface area contributed by atoms with Gasteiger partial charge in [0.25, 0.3) is 0 Å². The molecule has 3 N–H and O–H groups in total. The van der Waals surface area contributed by atoms with E-state index in [2.05, 4.69) is 10.6 Å². The van der Waals surface area contributed by atoms with Gasteiger partial charge in [0.1, 0.15) is 18.2 Å². The molecule has 0 aliphatic heterocycles. The highest BCUT2D eigenvalue weighted by Gasteiger charge is 2.23. The lowest BCUT2D eigenvalue weighted by Gasteiger charge is -2.22. The number of carbonyl (C=O) groups is 3. The maximum absolute atomic E-state index is 11.7. The first-order valence-corrected chi connectivity index (χ1v) is 8.82. The van der Waals surface area contributed by atoms with Gasteiger partial charge in [-0.1, -0.05) is 29.8 Å². The number of carboxylic acids is 1. The molecule has 0 saturated heterocycles. The second-order valence-corrected chi connectivity index (χ2v) is 7.18. The van der Waals surface area contributed by atoms with Crippen molar-refractivity contribution in [2.45, 2.75) is 51.9 Å². The van der Waals surface area contributed by atoms with Crippen molar-refractivity contribution in [1.82, 2.24) is 10.6 Å². The van der Waals surface area contributed by atoms with Gasteiger partial charge in [0.15, 0.2) is 0 Å². The Bertz CT molecular complexity index is 659. The van der Waals surface area contributed by atoms with Gasteiger partial charge in [-0.05, 0) is 39.7 Å². The summed E-state index contributed by atoms with van der Waals surface area (Å²) in [5.74, 6) is -1.18. The summed E-state index contributed by atoms with van der Waals surface area (Å²) in [6.07, 6.45) is -0.989. The molecular formula is C18H25ClN2O6. The standard InChI is InChI=1S/C18H25ClN2O6/c1-18(2,3)27-17(25)21-14(15(22)23)9-6-10-20-16(24)26-11-12-7-4-5-8-13(12)19/h4-5,7-8,14H,6,9-11H2,1-3H3,(H,20,24)(H,21,25)(H,22,23). The highest BCUT2D eigenvalue weighted by atomic mass is 35.5. The van der Waals surface area contributed by atoms with E-state index in [9.17, 15) is 19.5 Å². The van der Waals surface area contributed by atoms with E-state index < -0.39 is 29.8 Å². The fourth-order valence-electron chi connectivity index (χ4n) is 2.01. The summed E-state index contributed by atoms with van der Waals surface area (Å²) < 4.78 is 10.1. The van der Waals surface area contributed by atoms with Crippen LogP contribution in [0, 0.1) is 0 Å². The second kappa shape index (κ2) is 10.6. The van der Waals surface area contributed by atoms with Gasteiger partial charge in [-0.25, -0.2) is 14.4 Å². The first kappa shape index (κ1) is 22.6. The SMILES string of the molecule is CC(C)(C)OC(=O)NC(CCCNC(=O)OCc1ccccc1Cl)C(=O)O. The number of halogens is 1. The molecule has 0 aromatic heterocycles. The van der Waals surface area contributed by atoms with Crippen molar-refractivity contribution in [2.24, 2.45) is 0 Å². The quantitative estimate of drug-likeness (QED) is 0.577. The Morgan fingerprint density at radius 3 is 2.44 bits per heavy atom. The van der Waals surface area contributed by atoms with Gasteiger partial charge in [0.05, 0.1) is 0 Å². The summed E-state index contributed by atoms with van der Waals surface area (Å²) in [6, 6.07) is 5.89. The molecule has 1 unspecified atom stereocenters. The molecule has 0 heterocycles. The molecule has 0 aliphatic rings. The lowest BCUT2D eigenvalue weighted by Crippen LogP contribution is -2.43. The highest BCUT2D eigenvalue weighted by Crippen LogP contribution is 2.15. The fraction of sp³-hybridized carbons (Fsp3) is 0.500. The third kappa shape index (κ3) is 9.69. The van der Waals surface area contributed by atoms with Crippen molar-refractivity contribution in [3.05, 3.63) is 34.9 Å². The van der Waals surface area contributed by atoms with E-state index in [0.717, 1.165) is 0 Å². The van der Waals surface area contributed by atoms with Crippen LogP contribution in [-0.2, 0) is 20.9 Å². The number of nitrogens with one attached hydrogen (secondary N) is 2. The van der Waals surface area contributed by atoms with Crippen molar-refractivity contribution < 1.29 is 29.0 Å². The topological polar surface area (TPSA) is 114 Å². The molecule has 2 amide bonds. The van der Waals surface area contributed by atoms with E-state index in [-0.39, 0.29) is 19.6 Å². The number of hydrogen-bond acceptors (Lipinski definition) is 5. The number of aliphatic carboxylic acids is 1. The smallest absolute Gasteiger partial charge is 0.408 e. The van der Waals surface area contributed by atoms with Crippen molar-refractivity contribution in [1.29, 1.82) is 0 Å². The summed E-state index contributed by atoms with van der Waals surface area (Å²) in [5.41, 5.74) is -0.0399. The van der Waals surface area contributed by atoms with Crippen LogP contribution in [0.5, 0.6) is 0 Å². The summed E-state index contributed by atoms with van der Waals surface area (Å²) in [6.45, 7) is 5.27. The average molecular weight is 401 g/mol. The minimum absolute atomic E-state index is 0.0312. The van der Waals surface area contributed by atoms with Gasteiger partial charge in [-0.15, -0.1) is 0 Å². The summed E-state index contributed by atoms with van der Waals surface area (Å²) in [7, 11) is 0. The van der Waals surface area contributed by atoms with Crippen LogP contribution in [0.25, 0.3) is 0 Å². The zero-order valence-corrected chi connectivity index (χ0v) is 16.3. The predicted molar refractivity (Wildman–Crippen MR) is 99.7 cm³/mol. The molecule has 0 aliphatic carbocycles. The molecule has 1 rings (SSSR count). The lowest BCUT2D eigenvalue weighted by atomic mass is 10.1. The summed E-state index contributed by atoms with van der Waals surface area (Å²) in [4.78, 5) is 34.5. The van der Waals surface area contributed by atoms with Crippen LogP contribution >= 0.6 is 11.6 Å². The zero-order chi connectivity index (χ0) is 20.4. The third-order valence-corrected chi connectivity index (χ3v) is 3.61. The van der Waals surface area contributed by atoms with Crippen LogP contribution in [-0.4, -0.2) is 41.4 Å². The largest absolute Gasteiger partial charge is 0.480 e. The van der Waals surface area contributed by atoms with E-state index in [4.69, 9.17) is 21.1 Å². The van der Waals surface area contributed by atoms with Crippen molar-refractivity contribution in [3.8, 4) is 0 Å². The Morgan fingerprint density at radius 2 is 1.85 bits per heavy atom. The molecule has 8 nitrogen and oxygen atoms in total. The number of amides is 2. The van der Waals surface area contributed by atoms with E-state index in [1.165, 1.54) is 0 Å². The maximum Gasteiger partial charge on any atom is 0.408 e. The molecule has 1 aromatic carbocycles. The van der Waals surface area contributed by atoms with Crippen LogP contribution in [0.1, 0.15) is 39.2 Å². The van der Waals surface area contributed by atoms with Crippen LogP contribution < -0.4 is 10.6 Å². The molecule has 0 spiro atoms. The van der Waals surface area contributed by atoms with Gasteiger partial charge in [-0.2, -0.15) is 0 Å². The van der Waals surface area contributed by atoms with E-state index in [1.807, 2.05) is 0 Å². The zero-order valence-electron chi connectivity index (χ0n) is 15.6. The lowest BCUT2D eigenvalue weighted by molar-refractivity contribution is -0.139. The van der Waals surface area contributed by atoms with Crippen LogP contribution in [0.15, 0.2) is 24.3 Å². The number of carbonyl (C=O) groups excluding carboxylic acids is 2. The van der Waals surface area contributed by atoms with Crippen molar-refractivity contribution in [3.63, 3.8) is 0 Å². The molecule has 1 atom stereocenters. The Balaban J connectivity index is 2.31. The number of ether oxygens (including phenoxy) is 2. The molecule has 0 radical (unpaired) electrons. The molecule has 0 saturated carbocycles. The second-order valence-electron chi connectivity index (χ2n) is 6.77. The number of benzene rings is 1.